The smallest absolute Gasteiger partial charge is 0.405 e. The topological polar surface area (TPSA) is 140 Å². The summed E-state index contributed by atoms with van der Waals surface area (Å²) in [6, 6.07) is 4.99. The summed E-state index contributed by atoms with van der Waals surface area (Å²) in [7, 11) is 3.08. The highest BCUT2D eigenvalue weighted by Crippen LogP contribution is 2.27. The fraction of sp³-hybridized carbons (Fsp3) is 0.556. The summed E-state index contributed by atoms with van der Waals surface area (Å²) in [6.07, 6.45) is 3.63. The third-order valence-electron chi connectivity index (χ3n) is 6.43. The lowest BCUT2D eigenvalue weighted by atomic mass is 9.88. The van der Waals surface area contributed by atoms with E-state index in [1.54, 1.807) is 26.2 Å². The van der Waals surface area contributed by atoms with Gasteiger partial charge in [0.25, 0.3) is 0 Å². The fourth-order valence-corrected chi connectivity index (χ4v) is 4.68. The van der Waals surface area contributed by atoms with Gasteiger partial charge < -0.3 is 35.5 Å². The van der Waals surface area contributed by atoms with E-state index in [9.17, 15) is 19.8 Å². The van der Waals surface area contributed by atoms with Gasteiger partial charge in [0.15, 0.2) is 6.10 Å². The maximum Gasteiger partial charge on any atom is 0.405 e. The van der Waals surface area contributed by atoms with Gasteiger partial charge in [0.05, 0.1) is 18.3 Å². The molecule has 36 heavy (non-hydrogen) atoms. The van der Waals surface area contributed by atoms with Crippen molar-refractivity contribution in [1.82, 2.24) is 0 Å². The van der Waals surface area contributed by atoms with Crippen molar-refractivity contribution in [3.8, 4) is 5.75 Å². The Balaban J connectivity index is 2.41. The number of carbonyl (C=O) groups is 2. The van der Waals surface area contributed by atoms with E-state index < -0.39 is 30.5 Å². The lowest BCUT2D eigenvalue weighted by molar-refractivity contribution is -0.111. The summed E-state index contributed by atoms with van der Waals surface area (Å²) in [5.74, 6) is -0.470. The molecule has 5 N–H and O–H groups in total. The number of nitrogens with two attached hydrogens (primary N) is 1. The lowest BCUT2D eigenvalue weighted by Crippen LogP contribution is -2.37. The summed E-state index contributed by atoms with van der Waals surface area (Å²) in [6.45, 7) is 5.72. The Hall–Kier alpha value is -2.88. The Morgan fingerprint density at radius 1 is 1.14 bits per heavy atom. The van der Waals surface area contributed by atoms with Gasteiger partial charge in [-0.2, -0.15) is 0 Å². The lowest BCUT2D eigenvalue weighted by Gasteiger charge is -2.30. The first-order valence-corrected chi connectivity index (χ1v) is 12.2. The summed E-state index contributed by atoms with van der Waals surface area (Å²) in [4.78, 5) is 24.0. The van der Waals surface area contributed by atoms with Gasteiger partial charge in [-0.1, -0.05) is 26.0 Å². The summed E-state index contributed by atoms with van der Waals surface area (Å²) < 4.78 is 16.6. The van der Waals surface area contributed by atoms with E-state index in [4.69, 9.17) is 19.9 Å². The molecular weight excluding hydrogens is 464 g/mol. The van der Waals surface area contributed by atoms with Crippen molar-refractivity contribution in [2.75, 3.05) is 19.5 Å². The molecule has 2 rings (SSSR count). The molecule has 0 unspecified atom stereocenters. The predicted octanol–water partition coefficient (Wildman–Crippen LogP) is 3.69. The van der Waals surface area contributed by atoms with E-state index in [1.165, 1.54) is 19.3 Å². The van der Waals surface area contributed by atoms with Gasteiger partial charge in [-0.05, 0) is 67.9 Å². The number of aliphatic hydroxyl groups excluding tert-OH is 1. The number of rotatable bonds is 3. The number of methoxy groups -OCH3 is 2. The first-order valence-electron chi connectivity index (χ1n) is 12.2. The average molecular weight is 505 g/mol. The number of amides is 2. The van der Waals surface area contributed by atoms with Crippen LogP contribution in [0.15, 0.2) is 42.0 Å². The minimum atomic E-state index is -0.926. The van der Waals surface area contributed by atoms with Crippen LogP contribution < -0.4 is 11.1 Å². The van der Waals surface area contributed by atoms with Gasteiger partial charge in [0, 0.05) is 31.9 Å². The summed E-state index contributed by atoms with van der Waals surface area (Å²) in [5, 5.41) is 24.0. The van der Waals surface area contributed by atoms with E-state index >= 15 is 0 Å². The first kappa shape index (κ1) is 29.4. The van der Waals surface area contributed by atoms with Gasteiger partial charge in [0.2, 0.25) is 5.91 Å². The molecule has 200 valence electrons. The van der Waals surface area contributed by atoms with Crippen molar-refractivity contribution >= 4 is 17.7 Å². The van der Waals surface area contributed by atoms with E-state index in [0.29, 0.717) is 36.9 Å². The van der Waals surface area contributed by atoms with Gasteiger partial charge in [-0.15, -0.1) is 0 Å². The molecule has 2 bridgehead atoms. The Labute approximate surface area is 213 Å². The van der Waals surface area contributed by atoms with Crippen molar-refractivity contribution in [3.63, 3.8) is 0 Å². The number of hydrogen-bond donors (Lipinski definition) is 4. The zero-order valence-electron chi connectivity index (χ0n) is 21.8. The van der Waals surface area contributed by atoms with Crippen molar-refractivity contribution in [2.24, 2.45) is 17.6 Å². The molecule has 0 spiro atoms. The third-order valence-corrected chi connectivity index (χ3v) is 6.43. The number of fused-ring (bicyclic) bond motifs is 2. The van der Waals surface area contributed by atoms with Crippen LogP contribution in [0.1, 0.15) is 45.6 Å². The van der Waals surface area contributed by atoms with E-state index in [0.717, 1.165) is 5.56 Å². The van der Waals surface area contributed by atoms with Crippen molar-refractivity contribution in [2.45, 2.75) is 70.9 Å². The minimum Gasteiger partial charge on any atom is -0.508 e. The van der Waals surface area contributed by atoms with Crippen molar-refractivity contribution < 1.29 is 34.0 Å². The normalized spacial score (nSPS) is 31.1. The van der Waals surface area contributed by atoms with Gasteiger partial charge in [-0.25, -0.2) is 4.79 Å². The molecule has 0 aromatic heterocycles. The highest BCUT2D eigenvalue weighted by molar-refractivity contribution is 5.99. The maximum atomic E-state index is 12.4. The van der Waals surface area contributed by atoms with Crippen LogP contribution in [0.25, 0.3) is 0 Å². The standard InChI is InChI=1S/C27H40N2O7/c1-16-10-19-13-20(15-21(30)14-19)29-24(31)9-7-6-8-22(34-4)26(36-27(28)33)18(3)12-17(2)25(32)23(11-16)35-5/h7,9,12-17,22-23,25-26,30,32H,6,8,10-11H2,1-5H3,(H2,28,33)(H,29,31)/b9-7-,18-12-/t16-,17+,22+,23+,25-,26+/m1/s1. The van der Waals surface area contributed by atoms with Crippen LogP contribution >= 0.6 is 0 Å². The number of aliphatic hydroxyl groups is 1. The van der Waals surface area contributed by atoms with Crippen molar-refractivity contribution in [3.05, 3.63) is 47.6 Å². The molecule has 0 fully saturated rings. The number of ether oxygens (including phenoxy) is 3. The molecule has 1 aliphatic heterocycles. The van der Waals surface area contributed by atoms with Crippen LogP contribution in [0.3, 0.4) is 0 Å². The molecule has 0 radical (unpaired) electrons. The maximum absolute atomic E-state index is 12.4. The number of allylic oxidation sites excluding steroid dienone is 1. The minimum absolute atomic E-state index is 0.0610. The highest BCUT2D eigenvalue weighted by atomic mass is 16.6. The number of primary amides is 1. The number of carbonyl (C=O) groups excluding carboxylic acids is 2. The monoisotopic (exact) mass is 504 g/mol. The van der Waals surface area contributed by atoms with Gasteiger partial charge in [-0.3, -0.25) is 4.79 Å². The molecule has 1 aromatic carbocycles. The fourth-order valence-electron chi connectivity index (χ4n) is 4.68. The van der Waals surface area contributed by atoms with Gasteiger partial charge in [0.1, 0.15) is 5.75 Å². The third kappa shape index (κ3) is 8.96. The van der Waals surface area contributed by atoms with E-state index in [-0.39, 0.29) is 23.5 Å². The molecule has 1 heterocycles. The van der Waals surface area contributed by atoms with Crippen LogP contribution in [-0.2, 0) is 25.4 Å². The second kappa shape index (κ2) is 14.0. The predicted molar refractivity (Wildman–Crippen MR) is 138 cm³/mol. The van der Waals surface area contributed by atoms with Crippen LogP contribution in [-0.4, -0.2) is 60.8 Å². The van der Waals surface area contributed by atoms with Crippen LogP contribution in [0.4, 0.5) is 10.5 Å². The molecule has 2 amide bonds. The molecule has 0 saturated carbocycles. The Morgan fingerprint density at radius 3 is 2.47 bits per heavy atom. The molecule has 1 aliphatic rings. The second-order valence-electron chi connectivity index (χ2n) is 9.57. The number of phenols is 1. The number of anilines is 1. The van der Waals surface area contributed by atoms with Crippen LogP contribution in [0.5, 0.6) is 5.75 Å². The van der Waals surface area contributed by atoms with E-state index in [2.05, 4.69) is 5.32 Å². The number of benzene rings is 1. The second-order valence-corrected chi connectivity index (χ2v) is 9.57. The Kier molecular flexibility index (Phi) is 11.4. The molecule has 0 aliphatic carbocycles. The summed E-state index contributed by atoms with van der Waals surface area (Å²) in [5.41, 5.74) is 7.38. The van der Waals surface area contributed by atoms with Gasteiger partial charge >= 0.3 is 6.09 Å². The van der Waals surface area contributed by atoms with Crippen molar-refractivity contribution in [1.29, 1.82) is 0 Å². The number of hydrogen-bond acceptors (Lipinski definition) is 7. The number of phenolic OH excluding ortho intramolecular Hbond substituents is 1. The zero-order valence-corrected chi connectivity index (χ0v) is 21.8. The van der Waals surface area contributed by atoms with Crippen LogP contribution in [0.2, 0.25) is 0 Å². The molecule has 9 nitrogen and oxygen atoms in total. The van der Waals surface area contributed by atoms with Crippen LogP contribution in [0, 0.1) is 11.8 Å². The molecule has 9 heteroatoms. The average Bonchev–Trinajstić information content (AvgIpc) is 2.79. The SMILES string of the molecule is CO[C@H]1C[C@H](C)Cc2cc(O)cc(c2)NC(=O)/C=C\CC[C@H](OC)[C@@H](OC(N)=O)/C(C)=C\[C@H](C)[C@H]1O. The van der Waals surface area contributed by atoms with E-state index in [1.807, 2.05) is 26.0 Å². The first-order chi connectivity index (χ1) is 17.0. The Bertz CT molecular complexity index is 946. The zero-order chi connectivity index (χ0) is 26.8. The Morgan fingerprint density at radius 2 is 1.83 bits per heavy atom. The number of nitrogens with one attached hydrogen (secondary N) is 1. The molecule has 0 saturated heterocycles. The molecule has 6 atom stereocenters. The highest BCUT2D eigenvalue weighted by Gasteiger charge is 2.29. The molecular formula is C27H40N2O7. The quantitative estimate of drug-likeness (QED) is 0.460. The molecule has 1 aromatic rings. The largest absolute Gasteiger partial charge is 0.508 e. The summed E-state index contributed by atoms with van der Waals surface area (Å²) >= 11 is 0. The number of aromatic hydroxyl groups is 1.